The lowest BCUT2D eigenvalue weighted by Gasteiger charge is -2.15. The molecule has 0 atom stereocenters. The molecular formula is C17H15N. The first kappa shape index (κ1) is 9.95. The summed E-state index contributed by atoms with van der Waals surface area (Å²) in [6.07, 6.45) is 4.56. The molecule has 1 aliphatic rings. The van der Waals surface area contributed by atoms with E-state index < -0.39 is 0 Å². The highest BCUT2D eigenvalue weighted by molar-refractivity contribution is 6.10. The molecule has 1 heteroatoms. The second-order valence-electron chi connectivity index (χ2n) is 5.02. The Hall–Kier alpha value is -2.02. The maximum atomic E-state index is 2.38. The van der Waals surface area contributed by atoms with Gasteiger partial charge >= 0.3 is 0 Å². The monoisotopic (exact) mass is 233 g/mol. The topological polar surface area (TPSA) is 4.93 Å². The van der Waals surface area contributed by atoms with Crippen LogP contribution in [0.1, 0.15) is 18.9 Å². The van der Waals surface area contributed by atoms with Gasteiger partial charge in [-0.15, -0.1) is 0 Å². The summed E-state index contributed by atoms with van der Waals surface area (Å²) in [4.78, 5) is 0. The van der Waals surface area contributed by atoms with Crippen LogP contribution >= 0.6 is 0 Å². The summed E-state index contributed by atoms with van der Waals surface area (Å²) in [5, 5.41) is 2.75. The number of aromatic nitrogens is 1. The van der Waals surface area contributed by atoms with Crippen LogP contribution in [0.25, 0.3) is 28.0 Å². The predicted molar refractivity (Wildman–Crippen MR) is 77.7 cm³/mol. The maximum Gasteiger partial charge on any atom is 0.0570 e. The molecule has 4 rings (SSSR count). The van der Waals surface area contributed by atoms with Gasteiger partial charge in [-0.2, -0.15) is 0 Å². The molecule has 0 saturated carbocycles. The predicted octanol–water partition coefficient (Wildman–Crippen LogP) is 4.60. The van der Waals surface area contributed by atoms with Gasteiger partial charge in [0, 0.05) is 17.0 Å². The Kier molecular flexibility index (Phi) is 1.93. The molecular weight excluding hydrogens is 218 g/mol. The van der Waals surface area contributed by atoms with E-state index in [1.807, 2.05) is 0 Å². The van der Waals surface area contributed by atoms with Gasteiger partial charge in [0.25, 0.3) is 0 Å². The van der Waals surface area contributed by atoms with Crippen molar-refractivity contribution in [1.29, 1.82) is 0 Å². The Labute approximate surface area is 106 Å². The van der Waals surface area contributed by atoms with Crippen molar-refractivity contribution in [2.45, 2.75) is 19.8 Å². The second-order valence-corrected chi connectivity index (χ2v) is 5.02. The van der Waals surface area contributed by atoms with Crippen LogP contribution in [0, 0.1) is 0 Å². The number of hydrogen-bond acceptors (Lipinski definition) is 0. The molecule has 2 heterocycles. The molecule has 2 aromatic carbocycles. The Morgan fingerprint density at radius 3 is 2.72 bits per heavy atom. The molecule has 1 aliphatic heterocycles. The van der Waals surface area contributed by atoms with Crippen LogP contribution in [-0.4, -0.2) is 4.57 Å². The second kappa shape index (κ2) is 3.49. The van der Waals surface area contributed by atoms with Gasteiger partial charge in [-0.3, -0.25) is 0 Å². The zero-order chi connectivity index (χ0) is 12.1. The van der Waals surface area contributed by atoms with Crippen molar-refractivity contribution in [3.63, 3.8) is 0 Å². The lowest BCUT2D eigenvalue weighted by Crippen LogP contribution is -2.02. The van der Waals surface area contributed by atoms with Gasteiger partial charge in [-0.05, 0) is 30.0 Å². The van der Waals surface area contributed by atoms with Gasteiger partial charge in [0.2, 0.25) is 0 Å². The summed E-state index contributed by atoms with van der Waals surface area (Å²) < 4.78 is 2.38. The molecule has 0 saturated heterocycles. The highest BCUT2D eigenvalue weighted by Crippen LogP contribution is 2.35. The molecule has 0 radical (unpaired) electrons. The SMILES string of the molecule is CCC1=Cn2c3ccccc3c3cccc(c32)C1. The number of benzene rings is 2. The summed E-state index contributed by atoms with van der Waals surface area (Å²) in [5.74, 6) is 0. The fraction of sp³-hybridized carbons (Fsp3) is 0.176. The lowest BCUT2D eigenvalue weighted by molar-refractivity contribution is 0.982. The van der Waals surface area contributed by atoms with E-state index in [0.717, 1.165) is 12.8 Å². The van der Waals surface area contributed by atoms with E-state index in [2.05, 4.69) is 60.2 Å². The summed E-state index contributed by atoms with van der Waals surface area (Å²) in [6.45, 7) is 2.24. The van der Waals surface area contributed by atoms with Crippen LogP contribution in [-0.2, 0) is 6.42 Å². The maximum absolute atomic E-state index is 2.38. The van der Waals surface area contributed by atoms with E-state index in [1.54, 1.807) is 0 Å². The molecule has 0 amide bonds. The highest BCUT2D eigenvalue weighted by atomic mass is 15.0. The molecule has 1 nitrogen and oxygen atoms in total. The normalized spacial score (nSPS) is 14.2. The first-order valence-electron chi connectivity index (χ1n) is 6.58. The fourth-order valence-electron chi connectivity index (χ4n) is 3.09. The smallest absolute Gasteiger partial charge is 0.0570 e. The molecule has 0 aliphatic carbocycles. The van der Waals surface area contributed by atoms with Crippen molar-refractivity contribution in [1.82, 2.24) is 4.57 Å². The minimum atomic E-state index is 1.10. The molecule has 88 valence electrons. The lowest BCUT2D eigenvalue weighted by atomic mass is 9.99. The average Bonchev–Trinajstić information content (AvgIpc) is 2.76. The van der Waals surface area contributed by atoms with Crippen molar-refractivity contribution in [3.8, 4) is 0 Å². The van der Waals surface area contributed by atoms with Gasteiger partial charge in [-0.25, -0.2) is 0 Å². The Morgan fingerprint density at radius 1 is 1.00 bits per heavy atom. The van der Waals surface area contributed by atoms with E-state index in [4.69, 9.17) is 0 Å². The Balaban J connectivity index is 2.26. The van der Waals surface area contributed by atoms with E-state index >= 15 is 0 Å². The van der Waals surface area contributed by atoms with Crippen molar-refractivity contribution >= 4 is 28.0 Å². The van der Waals surface area contributed by atoms with Crippen LogP contribution < -0.4 is 0 Å². The first-order valence-corrected chi connectivity index (χ1v) is 6.58. The summed E-state index contributed by atoms with van der Waals surface area (Å²) >= 11 is 0. The van der Waals surface area contributed by atoms with E-state index in [9.17, 15) is 0 Å². The van der Waals surface area contributed by atoms with Crippen LogP contribution in [0.3, 0.4) is 0 Å². The standard InChI is InChI=1S/C17H15N/c1-2-12-10-13-6-5-8-15-14-7-3-4-9-16(14)18(11-12)17(13)15/h3-9,11H,2,10H2,1H3. The number of rotatable bonds is 1. The number of hydrogen-bond donors (Lipinski definition) is 0. The fourth-order valence-corrected chi connectivity index (χ4v) is 3.09. The molecule has 0 spiro atoms. The van der Waals surface area contributed by atoms with Crippen molar-refractivity contribution in [2.24, 2.45) is 0 Å². The molecule has 18 heavy (non-hydrogen) atoms. The molecule has 3 aromatic rings. The van der Waals surface area contributed by atoms with Gasteiger partial charge in [0.1, 0.15) is 0 Å². The quantitative estimate of drug-likeness (QED) is 0.579. The molecule has 0 unspecified atom stereocenters. The van der Waals surface area contributed by atoms with Crippen LogP contribution in [0.4, 0.5) is 0 Å². The van der Waals surface area contributed by atoms with E-state index in [0.29, 0.717) is 0 Å². The first-order chi connectivity index (χ1) is 8.88. The van der Waals surface area contributed by atoms with Gasteiger partial charge < -0.3 is 4.57 Å². The molecule has 0 bridgehead atoms. The number of allylic oxidation sites excluding steroid dienone is 1. The average molecular weight is 233 g/mol. The number of para-hydroxylation sites is 2. The molecule has 0 fully saturated rings. The summed E-state index contributed by atoms with van der Waals surface area (Å²) in [7, 11) is 0. The van der Waals surface area contributed by atoms with Crippen LogP contribution in [0.2, 0.25) is 0 Å². The molecule has 1 aromatic heterocycles. The Morgan fingerprint density at radius 2 is 1.83 bits per heavy atom. The third-order valence-corrected chi connectivity index (χ3v) is 4.00. The Bertz CT molecular complexity index is 790. The van der Waals surface area contributed by atoms with Crippen LogP contribution in [0.15, 0.2) is 48.0 Å². The minimum Gasteiger partial charge on any atom is -0.316 e. The van der Waals surface area contributed by atoms with Gasteiger partial charge in [0.05, 0.1) is 11.0 Å². The minimum absolute atomic E-state index is 1.10. The van der Waals surface area contributed by atoms with E-state index in [-0.39, 0.29) is 0 Å². The van der Waals surface area contributed by atoms with Crippen molar-refractivity contribution in [3.05, 3.63) is 53.6 Å². The third-order valence-electron chi connectivity index (χ3n) is 4.00. The van der Waals surface area contributed by atoms with Crippen molar-refractivity contribution < 1.29 is 0 Å². The van der Waals surface area contributed by atoms with Crippen LogP contribution in [0.5, 0.6) is 0 Å². The van der Waals surface area contributed by atoms with Gasteiger partial charge in [0.15, 0.2) is 0 Å². The highest BCUT2D eigenvalue weighted by Gasteiger charge is 2.16. The third kappa shape index (κ3) is 1.16. The number of fused-ring (bicyclic) bond motifs is 3. The van der Waals surface area contributed by atoms with Gasteiger partial charge in [-0.1, -0.05) is 43.3 Å². The zero-order valence-corrected chi connectivity index (χ0v) is 10.5. The number of nitrogens with zero attached hydrogens (tertiary/aromatic N) is 1. The largest absolute Gasteiger partial charge is 0.316 e. The zero-order valence-electron chi connectivity index (χ0n) is 10.5. The summed E-state index contributed by atoms with van der Waals surface area (Å²) in [5.41, 5.74) is 5.70. The van der Waals surface area contributed by atoms with E-state index in [1.165, 1.54) is 32.9 Å². The summed E-state index contributed by atoms with van der Waals surface area (Å²) in [6, 6.07) is 15.4. The van der Waals surface area contributed by atoms with Crippen molar-refractivity contribution in [2.75, 3.05) is 0 Å². The molecule has 0 N–H and O–H groups in total.